The number of anilines is 1. The maximum Gasteiger partial charge on any atom is 0.332 e. The molecule has 5 N–H and O–H groups in total. The second-order valence-corrected chi connectivity index (χ2v) is 3.32. The Morgan fingerprint density at radius 2 is 2.29 bits per heavy atom. The number of nitrogens with two attached hydrogens (primary N) is 2. The molecule has 74 valence electrons. The zero-order valence-electron chi connectivity index (χ0n) is 7.36. The first-order valence-corrected chi connectivity index (χ1v) is 4.09. The van der Waals surface area contributed by atoms with Crippen molar-refractivity contribution in [2.24, 2.45) is 5.73 Å². The number of carboxylic acid groups (broad SMARTS) is 1. The molecule has 0 saturated heterocycles. The Morgan fingerprint density at radius 1 is 1.57 bits per heavy atom. The van der Waals surface area contributed by atoms with Crippen LogP contribution in [0, 0.1) is 0 Å². The molecule has 14 heavy (non-hydrogen) atoms. The van der Waals surface area contributed by atoms with Gasteiger partial charge in [0.25, 0.3) is 0 Å². The van der Waals surface area contributed by atoms with Crippen molar-refractivity contribution in [2.75, 3.05) is 12.3 Å². The normalized spacial score (nSPS) is 24.1. The van der Waals surface area contributed by atoms with Crippen molar-refractivity contribution in [1.82, 2.24) is 0 Å². The van der Waals surface area contributed by atoms with Gasteiger partial charge in [0.05, 0.1) is 0 Å². The lowest BCUT2D eigenvalue weighted by molar-refractivity contribution is -0.144. The highest BCUT2D eigenvalue weighted by Gasteiger charge is 2.44. The smallest absolute Gasteiger partial charge is 0.332 e. The Morgan fingerprint density at radius 3 is 2.93 bits per heavy atom. The summed E-state index contributed by atoms with van der Waals surface area (Å²) in [5.41, 5.74) is 10.7. The molecule has 5 heteroatoms. The minimum atomic E-state index is -1.47. The molecular weight excluding hydrogens is 184 g/mol. The predicted octanol–water partition coefficient (Wildman–Crippen LogP) is -0.100. The molecular formula is C9H10N2O3. The van der Waals surface area contributed by atoms with Crippen LogP contribution in [0.15, 0.2) is 18.2 Å². The summed E-state index contributed by atoms with van der Waals surface area (Å²) in [5, 5.41) is 8.96. The second-order valence-electron chi connectivity index (χ2n) is 3.32. The van der Waals surface area contributed by atoms with Crippen LogP contribution in [0.2, 0.25) is 0 Å². The minimum absolute atomic E-state index is 0.0544. The van der Waals surface area contributed by atoms with Crippen LogP contribution in [0.5, 0.6) is 5.75 Å². The number of nitrogen functional groups attached to an aromatic ring is 1. The summed E-state index contributed by atoms with van der Waals surface area (Å²) in [6.45, 7) is -0.0544. The number of carboxylic acids is 1. The summed E-state index contributed by atoms with van der Waals surface area (Å²) in [6, 6.07) is 4.81. The lowest BCUT2D eigenvalue weighted by atomic mass is 9.93. The molecule has 5 nitrogen and oxygen atoms in total. The summed E-state index contributed by atoms with van der Waals surface area (Å²) in [7, 11) is 0. The number of ether oxygens (including phenoxy) is 1. The van der Waals surface area contributed by atoms with Crippen LogP contribution in [-0.4, -0.2) is 17.7 Å². The number of rotatable bonds is 1. The standard InChI is InChI=1S/C9H10N2O3/c10-5-1-2-7-6(3-5)9(11,4-14-7)8(12)13/h1-3H,4,10-11H2,(H,12,13). The maximum atomic E-state index is 11.0. The molecule has 1 aromatic rings. The second kappa shape index (κ2) is 2.62. The molecule has 0 radical (unpaired) electrons. The number of fused-ring (bicyclic) bond motifs is 1. The quantitative estimate of drug-likeness (QED) is 0.542. The number of hydrogen-bond acceptors (Lipinski definition) is 4. The average molecular weight is 194 g/mol. The van der Waals surface area contributed by atoms with Crippen molar-refractivity contribution in [1.29, 1.82) is 0 Å². The molecule has 1 unspecified atom stereocenters. The van der Waals surface area contributed by atoms with Crippen molar-refractivity contribution >= 4 is 11.7 Å². The van der Waals surface area contributed by atoms with Crippen LogP contribution >= 0.6 is 0 Å². The third kappa shape index (κ3) is 1.03. The predicted molar refractivity (Wildman–Crippen MR) is 49.9 cm³/mol. The van der Waals surface area contributed by atoms with Gasteiger partial charge in [0.15, 0.2) is 5.54 Å². The topological polar surface area (TPSA) is 98.6 Å². The van der Waals surface area contributed by atoms with Gasteiger partial charge >= 0.3 is 5.97 Å². The van der Waals surface area contributed by atoms with E-state index in [9.17, 15) is 4.79 Å². The van der Waals surface area contributed by atoms with Gasteiger partial charge in [-0.1, -0.05) is 0 Å². The lowest BCUT2D eigenvalue weighted by Gasteiger charge is -2.16. The van der Waals surface area contributed by atoms with Gasteiger partial charge in [-0.25, -0.2) is 4.79 Å². The fraction of sp³-hybridized carbons (Fsp3) is 0.222. The molecule has 0 fully saturated rings. The van der Waals surface area contributed by atoms with Crippen molar-refractivity contribution < 1.29 is 14.6 Å². The molecule has 0 spiro atoms. The van der Waals surface area contributed by atoms with Gasteiger partial charge in [-0.3, -0.25) is 0 Å². The summed E-state index contributed by atoms with van der Waals surface area (Å²) in [5.74, 6) is -0.619. The fourth-order valence-corrected chi connectivity index (χ4v) is 1.47. The first-order chi connectivity index (χ1) is 6.54. The van der Waals surface area contributed by atoms with E-state index in [0.29, 0.717) is 17.0 Å². The Labute approximate surface area is 80.3 Å². The van der Waals surface area contributed by atoms with Gasteiger partial charge in [0.2, 0.25) is 0 Å². The minimum Gasteiger partial charge on any atom is -0.490 e. The van der Waals surface area contributed by atoms with Crippen LogP contribution in [0.3, 0.4) is 0 Å². The zero-order valence-corrected chi connectivity index (χ0v) is 7.36. The Kier molecular flexibility index (Phi) is 1.65. The monoisotopic (exact) mass is 194 g/mol. The van der Waals surface area contributed by atoms with E-state index >= 15 is 0 Å². The highest BCUT2D eigenvalue weighted by atomic mass is 16.5. The van der Waals surface area contributed by atoms with Crippen molar-refractivity contribution in [3.8, 4) is 5.75 Å². The summed E-state index contributed by atoms with van der Waals surface area (Å²) in [4.78, 5) is 11.0. The molecule has 1 heterocycles. The highest BCUT2D eigenvalue weighted by molar-refractivity contribution is 5.83. The number of benzene rings is 1. The van der Waals surface area contributed by atoms with Gasteiger partial charge in [0, 0.05) is 11.3 Å². The molecule has 2 rings (SSSR count). The van der Waals surface area contributed by atoms with Crippen LogP contribution in [0.1, 0.15) is 5.56 Å². The van der Waals surface area contributed by atoms with E-state index in [1.165, 1.54) is 6.07 Å². The van der Waals surface area contributed by atoms with Crippen molar-refractivity contribution in [3.63, 3.8) is 0 Å². The van der Waals surface area contributed by atoms with Crippen LogP contribution in [0.25, 0.3) is 0 Å². The molecule has 0 bridgehead atoms. The highest BCUT2D eigenvalue weighted by Crippen LogP contribution is 2.36. The molecule has 1 aliphatic rings. The van der Waals surface area contributed by atoms with Crippen LogP contribution in [0.4, 0.5) is 5.69 Å². The van der Waals surface area contributed by atoms with Gasteiger partial charge in [0.1, 0.15) is 12.4 Å². The number of aliphatic carboxylic acids is 1. The van der Waals surface area contributed by atoms with E-state index in [1.807, 2.05) is 0 Å². The third-order valence-electron chi connectivity index (χ3n) is 2.32. The largest absolute Gasteiger partial charge is 0.490 e. The average Bonchev–Trinajstić information content (AvgIpc) is 2.46. The fourth-order valence-electron chi connectivity index (χ4n) is 1.47. The Balaban J connectivity index is 2.58. The zero-order chi connectivity index (χ0) is 10.3. The molecule has 1 atom stereocenters. The van der Waals surface area contributed by atoms with E-state index < -0.39 is 11.5 Å². The maximum absolute atomic E-state index is 11.0. The molecule has 0 amide bonds. The molecule has 1 aliphatic heterocycles. The van der Waals surface area contributed by atoms with Crippen LogP contribution < -0.4 is 16.2 Å². The molecule has 0 saturated carbocycles. The van der Waals surface area contributed by atoms with Gasteiger partial charge in [-0.15, -0.1) is 0 Å². The number of hydrogen-bond donors (Lipinski definition) is 3. The lowest BCUT2D eigenvalue weighted by Crippen LogP contribution is -2.46. The molecule has 1 aromatic carbocycles. The van der Waals surface area contributed by atoms with Gasteiger partial charge in [-0.2, -0.15) is 0 Å². The van der Waals surface area contributed by atoms with Gasteiger partial charge in [-0.05, 0) is 18.2 Å². The van der Waals surface area contributed by atoms with E-state index in [0.717, 1.165) is 0 Å². The van der Waals surface area contributed by atoms with Crippen LogP contribution in [-0.2, 0) is 10.3 Å². The molecule has 0 aromatic heterocycles. The molecule has 0 aliphatic carbocycles. The third-order valence-corrected chi connectivity index (χ3v) is 2.32. The summed E-state index contributed by atoms with van der Waals surface area (Å²) in [6.07, 6.45) is 0. The Hall–Kier alpha value is -1.75. The first-order valence-electron chi connectivity index (χ1n) is 4.09. The summed E-state index contributed by atoms with van der Waals surface area (Å²) < 4.78 is 5.17. The van der Waals surface area contributed by atoms with Crippen molar-refractivity contribution in [3.05, 3.63) is 23.8 Å². The van der Waals surface area contributed by atoms with Crippen molar-refractivity contribution in [2.45, 2.75) is 5.54 Å². The number of carbonyl (C=O) groups is 1. The van der Waals surface area contributed by atoms with Gasteiger partial charge < -0.3 is 21.3 Å². The Bertz CT molecular complexity index is 405. The van der Waals surface area contributed by atoms with E-state index in [1.54, 1.807) is 12.1 Å². The first kappa shape index (κ1) is 8.83. The SMILES string of the molecule is Nc1ccc2c(c1)C(N)(C(=O)O)CO2. The van der Waals surface area contributed by atoms with E-state index in [4.69, 9.17) is 21.3 Å². The van der Waals surface area contributed by atoms with E-state index in [2.05, 4.69) is 0 Å². The summed E-state index contributed by atoms with van der Waals surface area (Å²) >= 11 is 0. The van der Waals surface area contributed by atoms with E-state index in [-0.39, 0.29) is 6.61 Å².